The number of anilines is 1. The van der Waals surface area contributed by atoms with Gasteiger partial charge >= 0.3 is 0 Å². The van der Waals surface area contributed by atoms with Crippen LogP contribution in [0.5, 0.6) is 5.75 Å². The van der Waals surface area contributed by atoms with Gasteiger partial charge in [0.2, 0.25) is 0 Å². The quantitative estimate of drug-likeness (QED) is 0.446. The first kappa shape index (κ1) is 24.9. The van der Waals surface area contributed by atoms with Gasteiger partial charge in [-0.2, -0.15) is 0 Å². The van der Waals surface area contributed by atoms with Gasteiger partial charge < -0.3 is 14.8 Å². The number of ketones is 2. The maximum atomic E-state index is 13.1. The number of nitrogens with one attached hydrogen (secondary N) is 1. The number of benzene rings is 2. The Kier molecular flexibility index (Phi) is 7.11. The van der Waals surface area contributed by atoms with Crippen LogP contribution >= 0.6 is 34.8 Å². The number of hydrogen-bond donors (Lipinski definition) is 1. The third kappa shape index (κ3) is 4.90. The molecule has 36 heavy (non-hydrogen) atoms. The molecule has 9 heteroatoms. The Morgan fingerprint density at radius 3 is 2.19 bits per heavy atom. The first-order valence-electron chi connectivity index (χ1n) is 11.7. The summed E-state index contributed by atoms with van der Waals surface area (Å²) in [5.41, 5.74) is 2.02. The molecule has 1 amide bonds. The summed E-state index contributed by atoms with van der Waals surface area (Å²) >= 11 is 18.3. The molecule has 5 rings (SSSR count). The van der Waals surface area contributed by atoms with E-state index in [1.165, 1.54) is 0 Å². The molecule has 6 nitrogen and oxygen atoms in total. The summed E-state index contributed by atoms with van der Waals surface area (Å²) in [6, 6.07) is 9.76. The average molecular weight is 547 g/mol. The van der Waals surface area contributed by atoms with Gasteiger partial charge in [0.1, 0.15) is 17.3 Å². The van der Waals surface area contributed by atoms with Gasteiger partial charge in [-0.1, -0.05) is 34.8 Å². The van der Waals surface area contributed by atoms with E-state index in [2.05, 4.69) is 5.32 Å². The second-order valence-corrected chi connectivity index (χ2v) is 10.2. The lowest BCUT2D eigenvalue weighted by molar-refractivity contribution is -0.119. The van der Waals surface area contributed by atoms with Crippen LogP contribution in [0.1, 0.15) is 50.0 Å². The van der Waals surface area contributed by atoms with Crippen molar-refractivity contribution in [3.05, 3.63) is 79.7 Å². The molecule has 2 aromatic carbocycles. The lowest BCUT2D eigenvalue weighted by atomic mass is 9.73. The Morgan fingerprint density at radius 1 is 0.889 bits per heavy atom. The summed E-state index contributed by atoms with van der Waals surface area (Å²) in [6.45, 7) is -0.308. The molecule has 0 saturated carbocycles. The topological polar surface area (TPSA) is 81.7 Å². The molecule has 0 atom stereocenters. The van der Waals surface area contributed by atoms with Crippen LogP contribution in [0.15, 0.2) is 59.1 Å². The van der Waals surface area contributed by atoms with Crippen molar-refractivity contribution in [2.75, 3.05) is 11.9 Å². The van der Waals surface area contributed by atoms with E-state index in [1.807, 2.05) is 0 Å². The lowest BCUT2D eigenvalue weighted by Crippen LogP contribution is -2.30. The molecule has 186 valence electrons. The molecule has 0 saturated heterocycles. The highest BCUT2D eigenvalue weighted by atomic mass is 35.5. The van der Waals surface area contributed by atoms with Crippen LogP contribution in [-0.4, -0.2) is 24.1 Å². The molecule has 3 aliphatic rings. The maximum Gasteiger partial charge on any atom is 0.262 e. The van der Waals surface area contributed by atoms with Gasteiger partial charge in [-0.15, -0.1) is 0 Å². The van der Waals surface area contributed by atoms with E-state index in [0.717, 1.165) is 0 Å². The Morgan fingerprint density at radius 2 is 1.56 bits per heavy atom. The number of Topliss-reactive ketones (excluding diaryl/α,β-unsaturated/α-hetero) is 2. The third-order valence-corrected chi connectivity index (χ3v) is 7.46. The van der Waals surface area contributed by atoms with Crippen LogP contribution in [0.3, 0.4) is 0 Å². The number of allylic oxidation sites excluding steroid dienone is 4. The van der Waals surface area contributed by atoms with Gasteiger partial charge in [-0.25, -0.2) is 0 Å². The van der Waals surface area contributed by atoms with E-state index in [1.54, 1.807) is 36.4 Å². The minimum Gasteiger partial charge on any atom is -0.483 e. The second kappa shape index (κ2) is 10.3. The molecule has 0 aromatic heterocycles. The van der Waals surface area contributed by atoms with Gasteiger partial charge in [0.25, 0.3) is 5.91 Å². The zero-order valence-electron chi connectivity index (χ0n) is 19.2. The van der Waals surface area contributed by atoms with E-state index in [-0.39, 0.29) is 18.2 Å². The normalized spacial score (nSPS) is 18.0. The van der Waals surface area contributed by atoms with Crippen molar-refractivity contribution in [2.45, 2.75) is 44.4 Å². The summed E-state index contributed by atoms with van der Waals surface area (Å²) in [7, 11) is 0. The van der Waals surface area contributed by atoms with Crippen molar-refractivity contribution < 1.29 is 23.9 Å². The third-order valence-electron chi connectivity index (χ3n) is 6.49. The van der Waals surface area contributed by atoms with Gasteiger partial charge in [0.15, 0.2) is 18.2 Å². The minimum absolute atomic E-state index is 0.0468. The molecular formula is C27H22Cl3NO5. The van der Waals surface area contributed by atoms with Crippen LogP contribution in [0.4, 0.5) is 5.69 Å². The largest absolute Gasteiger partial charge is 0.483 e. The summed E-state index contributed by atoms with van der Waals surface area (Å²) in [6.07, 6.45) is 3.44. The second-order valence-electron chi connectivity index (χ2n) is 8.91. The number of carbonyl (C=O) groups excluding carboxylic acids is 3. The van der Waals surface area contributed by atoms with Crippen molar-refractivity contribution >= 4 is 58.0 Å². The molecule has 0 bridgehead atoms. The number of hydrogen-bond acceptors (Lipinski definition) is 5. The smallest absolute Gasteiger partial charge is 0.262 e. The van der Waals surface area contributed by atoms with Crippen LogP contribution < -0.4 is 10.1 Å². The highest BCUT2D eigenvalue weighted by Crippen LogP contribution is 2.50. The van der Waals surface area contributed by atoms with E-state index in [0.29, 0.717) is 93.3 Å². The van der Waals surface area contributed by atoms with Crippen molar-refractivity contribution in [3.63, 3.8) is 0 Å². The maximum absolute atomic E-state index is 13.1. The number of halogens is 3. The molecule has 0 spiro atoms. The Bertz CT molecular complexity index is 1300. The van der Waals surface area contributed by atoms with Crippen molar-refractivity contribution in [1.82, 2.24) is 0 Å². The summed E-state index contributed by atoms with van der Waals surface area (Å²) in [5.74, 6) is 0.454. The van der Waals surface area contributed by atoms with Crippen LogP contribution in [0.2, 0.25) is 15.1 Å². The van der Waals surface area contributed by atoms with Crippen LogP contribution in [0.25, 0.3) is 0 Å². The summed E-state index contributed by atoms with van der Waals surface area (Å²) in [4.78, 5) is 38.8. The summed E-state index contributed by atoms with van der Waals surface area (Å²) in [5, 5.41) is 3.84. The molecule has 0 unspecified atom stereocenters. The Labute approximate surface area is 223 Å². The molecule has 2 aliphatic carbocycles. The van der Waals surface area contributed by atoms with E-state index in [9.17, 15) is 14.4 Å². The first-order chi connectivity index (χ1) is 17.3. The molecular weight excluding hydrogens is 525 g/mol. The van der Waals surface area contributed by atoms with E-state index < -0.39 is 11.8 Å². The standard InChI is InChI=1S/C27H22Cl3NO5/c28-14-7-10-21(35-13-24(34)31-15-8-9-17(29)18(30)12-15)16(11-14)25-26-19(32)3-1-5-22(26)36-23-6-2-4-20(33)27(23)25/h7-12,25H,1-6,13H2,(H,31,34). The minimum atomic E-state index is -0.642. The predicted molar refractivity (Wildman–Crippen MR) is 138 cm³/mol. The Balaban J connectivity index is 1.47. The monoisotopic (exact) mass is 545 g/mol. The van der Waals surface area contributed by atoms with Crippen molar-refractivity contribution in [2.24, 2.45) is 0 Å². The number of amides is 1. The molecule has 1 N–H and O–H groups in total. The van der Waals surface area contributed by atoms with E-state index >= 15 is 0 Å². The predicted octanol–water partition coefficient (Wildman–Crippen LogP) is 6.79. The number of carbonyl (C=O) groups is 3. The highest BCUT2D eigenvalue weighted by molar-refractivity contribution is 6.42. The lowest BCUT2D eigenvalue weighted by Gasteiger charge is -2.36. The van der Waals surface area contributed by atoms with Gasteiger partial charge in [-0.3, -0.25) is 14.4 Å². The number of rotatable bonds is 5. The fourth-order valence-electron chi connectivity index (χ4n) is 4.92. The fraction of sp³-hybridized carbons (Fsp3) is 0.296. The average Bonchev–Trinajstić information content (AvgIpc) is 2.85. The van der Waals surface area contributed by atoms with Gasteiger partial charge in [0.05, 0.1) is 16.0 Å². The van der Waals surface area contributed by atoms with Crippen molar-refractivity contribution in [1.29, 1.82) is 0 Å². The molecule has 1 aliphatic heterocycles. The highest BCUT2D eigenvalue weighted by Gasteiger charge is 2.42. The Hall–Kier alpha value is -2.80. The molecule has 0 fully saturated rings. The molecule has 1 heterocycles. The SMILES string of the molecule is O=C(COc1ccc(Cl)cc1C1C2=C(CCCC2=O)OC2=C1C(=O)CCC2)Nc1ccc(Cl)c(Cl)c1. The summed E-state index contributed by atoms with van der Waals surface area (Å²) < 4.78 is 12.0. The van der Waals surface area contributed by atoms with Crippen LogP contribution in [-0.2, 0) is 19.1 Å². The fourth-order valence-corrected chi connectivity index (χ4v) is 5.40. The molecule has 2 aromatic rings. The number of ether oxygens (including phenoxy) is 2. The first-order valence-corrected chi connectivity index (χ1v) is 12.8. The van der Waals surface area contributed by atoms with Crippen molar-refractivity contribution in [3.8, 4) is 5.75 Å². The molecule has 0 radical (unpaired) electrons. The van der Waals surface area contributed by atoms with E-state index in [4.69, 9.17) is 44.3 Å². The van der Waals surface area contributed by atoms with Crippen LogP contribution in [0, 0.1) is 0 Å². The van der Waals surface area contributed by atoms with Gasteiger partial charge in [-0.05, 0) is 49.2 Å². The van der Waals surface area contributed by atoms with Gasteiger partial charge in [0, 0.05) is 53.1 Å². The zero-order valence-corrected chi connectivity index (χ0v) is 21.4. The zero-order chi connectivity index (χ0) is 25.4.